The molecular weight excluding hydrogens is 147 g/mol. The Hall–Kier alpha value is -1.22. The Morgan fingerprint density at radius 1 is 1.50 bits per heavy atom. The Balaban J connectivity index is 3.10. The highest BCUT2D eigenvalue weighted by molar-refractivity contribution is 6.36. The molecule has 0 aliphatic carbocycles. The second kappa shape index (κ2) is 3.97. The first kappa shape index (κ1) is 8.88. The third kappa shape index (κ3) is 1.68. The van der Waals surface area contributed by atoms with E-state index in [0.29, 0.717) is 0 Å². The number of nitrogens with one attached hydrogen (secondary N) is 2. The maximum atomic E-state index is 3.75. The molecule has 1 aromatic rings. The highest BCUT2D eigenvalue weighted by Gasteiger charge is 1.99. The molecule has 0 saturated carbocycles. The molecule has 62 valence electrons. The van der Waals surface area contributed by atoms with Gasteiger partial charge < -0.3 is 5.43 Å². The molecule has 3 heteroatoms. The van der Waals surface area contributed by atoms with Crippen LogP contribution in [0.15, 0.2) is 24.8 Å². The molecule has 0 aromatic heterocycles. The Kier molecular flexibility index (Phi) is 2.94. The van der Waals surface area contributed by atoms with Crippen molar-refractivity contribution in [3.8, 4) is 0 Å². The van der Waals surface area contributed by atoms with Crippen LogP contribution in [-0.2, 0) is 0 Å². The van der Waals surface area contributed by atoms with E-state index in [1.165, 1.54) is 5.46 Å². The van der Waals surface area contributed by atoms with Crippen LogP contribution in [0.4, 0.5) is 5.69 Å². The molecule has 1 rings (SSSR count). The summed E-state index contributed by atoms with van der Waals surface area (Å²) in [5.41, 5.74) is 9.39. The van der Waals surface area contributed by atoms with Crippen molar-refractivity contribution < 1.29 is 0 Å². The summed E-state index contributed by atoms with van der Waals surface area (Å²) < 4.78 is 0. The van der Waals surface area contributed by atoms with Crippen molar-refractivity contribution in [3.05, 3.63) is 30.3 Å². The van der Waals surface area contributed by atoms with Crippen LogP contribution >= 0.6 is 0 Å². The lowest BCUT2D eigenvalue weighted by Crippen LogP contribution is -2.22. The molecule has 0 radical (unpaired) electrons. The summed E-state index contributed by atoms with van der Waals surface area (Å²) in [6.45, 7) is 3.75. The van der Waals surface area contributed by atoms with Gasteiger partial charge in [0.05, 0.1) is 0 Å². The van der Waals surface area contributed by atoms with Crippen molar-refractivity contribution in [2.45, 2.75) is 0 Å². The van der Waals surface area contributed by atoms with Gasteiger partial charge >= 0.3 is 0 Å². The normalized spacial score (nSPS) is 9.42. The summed E-state index contributed by atoms with van der Waals surface area (Å²) in [5, 5.41) is 0. The average Bonchev–Trinajstić information content (AvgIpc) is 2.09. The summed E-state index contributed by atoms with van der Waals surface area (Å²) in [6, 6.07) is 6.11. The van der Waals surface area contributed by atoms with E-state index in [9.17, 15) is 0 Å². The molecular formula is C9H13BN2. The Bertz CT molecular complexity index is 284. The van der Waals surface area contributed by atoms with Crippen molar-refractivity contribution in [3.63, 3.8) is 0 Å². The van der Waals surface area contributed by atoms with Crippen molar-refractivity contribution in [1.82, 2.24) is 5.43 Å². The van der Waals surface area contributed by atoms with E-state index in [4.69, 9.17) is 0 Å². The van der Waals surface area contributed by atoms with Crippen LogP contribution in [0.25, 0.3) is 6.08 Å². The number of hydrazine groups is 1. The van der Waals surface area contributed by atoms with E-state index in [0.717, 1.165) is 11.3 Å². The first-order chi connectivity index (χ1) is 5.79. The molecule has 12 heavy (non-hydrogen) atoms. The third-order valence-corrected chi connectivity index (χ3v) is 1.77. The lowest BCUT2D eigenvalue weighted by Gasteiger charge is -2.11. The number of rotatable bonds is 3. The van der Waals surface area contributed by atoms with Gasteiger partial charge in [0.2, 0.25) is 0 Å². The SMILES string of the molecule is Bc1cccc(C=C)c1NNC. The van der Waals surface area contributed by atoms with Gasteiger partial charge in [-0.15, -0.1) is 0 Å². The van der Waals surface area contributed by atoms with Gasteiger partial charge in [-0.25, -0.2) is 5.43 Å². The van der Waals surface area contributed by atoms with Gasteiger partial charge in [-0.2, -0.15) is 0 Å². The molecule has 0 aliphatic heterocycles. The standard InChI is InChI=1S/C9H13BN2/c1-3-7-5-4-6-8(10)9(7)12-11-2/h3-6,11-12H,1,10H2,2H3. The van der Waals surface area contributed by atoms with Crippen LogP contribution in [0.5, 0.6) is 0 Å². The quantitative estimate of drug-likeness (QED) is 0.485. The Morgan fingerprint density at radius 3 is 2.83 bits per heavy atom. The van der Waals surface area contributed by atoms with Crippen LogP contribution in [-0.4, -0.2) is 14.9 Å². The fourth-order valence-electron chi connectivity index (χ4n) is 1.16. The molecule has 0 aliphatic rings. The molecule has 1 aromatic carbocycles. The molecule has 0 saturated heterocycles. The van der Waals surface area contributed by atoms with E-state index in [2.05, 4.69) is 31.3 Å². The molecule has 0 fully saturated rings. The molecule has 0 amide bonds. The summed E-state index contributed by atoms with van der Waals surface area (Å²) in [5.74, 6) is 0. The highest BCUT2D eigenvalue weighted by atomic mass is 15.3. The summed E-state index contributed by atoms with van der Waals surface area (Å²) in [4.78, 5) is 0. The minimum atomic E-state index is 1.09. The first-order valence-corrected chi connectivity index (χ1v) is 3.94. The number of benzene rings is 1. The smallest absolute Gasteiger partial charge is 0.142 e. The monoisotopic (exact) mass is 160 g/mol. The Labute approximate surface area is 74.1 Å². The highest BCUT2D eigenvalue weighted by Crippen LogP contribution is 2.11. The van der Waals surface area contributed by atoms with Gasteiger partial charge in [0.25, 0.3) is 0 Å². The van der Waals surface area contributed by atoms with Crippen molar-refractivity contribution in [1.29, 1.82) is 0 Å². The lowest BCUT2D eigenvalue weighted by atomic mass is 9.92. The van der Waals surface area contributed by atoms with Crippen LogP contribution in [0, 0.1) is 0 Å². The van der Waals surface area contributed by atoms with Gasteiger partial charge in [0, 0.05) is 12.7 Å². The second-order valence-electron chi connectivity index (χ2n) is 2.62. The first-order valence-electron chi connectivity index (χ1n) is 3.94. The zero-order valence-corrected chi connectivity index (χ0v) is 7.52. The Morgan fingerprint density at radius 2 is 2.25 bits per heavy atom. The fraction of sp³-hybridized carbons (Fsp3) is 0.111. The molecule has 2 nitrogen and oxygen atoms in total. The van der Waals surface area contributed by atoms with E-state index in [-0.39, 0.29) is 0 Å². The number of anilines is 1. The number of hydrogen-bond acceptors (Lipinski definition) is 2. The molecule has 0 spiro atoms. The largest absolute Gasteiger partial charge is 0.322 e. The predicted molar refractivity (Wildman–Crippen MR) is 57.4 cm³/mol. The maximum Gasteiger partial charge on any atom is 0.142 e. The topological polar surface area (TPSA) is 24.1 Å². The maximum absolute atomic E-state index is 3.75. The zero-order chi connectivity index (χ0) is 8.97. The molecule has 0 unspecified atom stereocenters. The van der Waals surface area contributed by atoms with Gasteiger partial charge in [0.1, 0.15) is 7.85 Å². The minimum absolute atomic E-state index is 1.09. The van der Waals surface area contributed by atoms with Gasteiger partial charge in [-0.05, 0) is 5.56 Å². The summed E-state index contributed by atoms with van der Waals surface area (Å²) in [6.07, 6.45) is 1.84. The zero-order valence-electron chi connectivity index (χ0n) is 7.52. The molecule has 0 heterocycles. The fourth-order valence-corrected chi connectivity index (χ4v) is 1.16. The minimum Gasteiger partial charge on any atom is -0.322 e. The average molecular weight is 160 g/mol. The van der Waals surface area contributed by atoms with Gasteiger partial charge in [0.15, 0.2) is 0 Å². The van der Waals surface area contributed by atoms with Crippen molar-refractivity contribution in [2.75, 3.05) is 12.5 Å². The van der Waals surface area contributed by atoms with Crippen molar-refractivity contribution in [2.24, 2.45) is 0 Å². The van der Waals surface area contributed by atoms with Gasteiger partial charge in [-0.3, -0.25) is 0 Å². The summed E-state index contributed by atoms with van der Waals surface area (Å²) in [7, 11) is 3.91. The lowest BCUT2D eigenvalue weighted by molar-refractivity contribution is 0.986. The summed E-state index contributed by atoms with van der Waals surface area (Å²) >= 11 is 0. The second-order valence-corrected chi connectivity index (χ2v) is 2.62. The van der Waals surface area contributed by atoms with Crippen LogP contribution < -0.4 is 16.3 Å². The van der Waals surface area contributed by atoms with E-state index in [1.54, 1.807) is 0 Å². The van der Waals surface area contributed by atoms with E-state index < -0.39 is 0 Å². The number of hydrogen-bond donors (Lipinski definition) is 2. The van der Waals surface area contributed by atoms with Crippen LogP contribution in [0.2, 0.25) is 0 Å². The van der Waals surface area contributed by atoms with Gasteiger partial charge in [-0.1, -0.05) is 36.3 Å². The number of para-hydroxylation sites is 1. The van der Waals surface area contributed by atoms with Crippen LogP contribution in [0.1, 0.15) is 5.56 Å². The molecule has 0 atom stereocenters. The molecule has 0 bridgehead atoms. The predicted octanol–water partition coefficient (Wildman–Crippen LogP) is 0.134. The molecule has 2 N–H and O–H groups in total. The van der Waals surface area contributed by atoms with E-state index >= 15 is 0 Å². The van der Waals surface area contributed by atoms with Crippen LogP contribution in [0.3, 0.4) is 0 Å². The third-order valence-electron chi connectivity index (χ3n) is 1.77. The van der Waals surface area contributed by atoms with E-state index in [1.807, 2.05) is 25.3 Å². The van der Waals surface area contributed by atoms with Crippen molar-refractivity contribution >= 4 is 25.1 Å².